The third kappa shape index (κ3) is 4.13. The van der Waals surface area contributed by atoms with Crippen molar-refractivity contribution >= 4 is 23.8 Å². The predicted octanol–water partition coefficient (Wildman–Crippen LogP) is 0.108. The molecule has 0 spiro atoms. The average Bonchev–Trinajstić information content (AvgIpc) is 2.68. The van der Waals surface area contributed by atoms with Crippen LogP contribution in [0.1, 0.15) is 11.6 Å². The topological polar surface area (TPSA) is 81.1 Å². The van der Waals surface area contributed by atoms with E-state index in [0.29, 0.717) is 23.6 Å². The van der Waals surface area contributed by atoms with Gasteiger partial charge in [-0.1, -0.05) is 12.1 Å². The van der Waals surface area contributed by atoms with Crippen molar-refractivity contribution in [2.45, 2.75) is 6.04 Å². The number of hydrogen-bond acceptors (Lipinski definition) is 5. The van der Waals surface area contributed by atoms with Gasteiger partial charge in [-0.05, 0) is 17.7 Å². The first-order chi connectivity index (χ1) is 12.6. The van der Waals surface area contributed by atoms with Crippen LogP contribution < -0.4 is 20.3 Å². The second-order valence-electron chi connectivity index (χ2n) is 6.23. The lowest BCUT2D eigenvalue weighted by molar-refractivity contribution is -0.891. The van der Waals surface area contributed by atoms with E-state index in [1.54, 1.807) is 7.11 Å². The minimum atomic E-state index is -0.546. The Hall–Kier alpha value is -2.19. The Morgan fingerprint density at radius 1 is 1.23 bits per heavy atom. The van der Waals surface area contributed by atoms with E-state index < -0.39 is 12.0 Å². The molecular weight excluding hydrogens is 354 g/mol. The Morgan fingerprint density at radius 3 is 2.54 bits per heavy atom. The van der Waals surface area contributed by atoms with E-state index in [1.807, 2.05) is 36.0 Å². The van der Waals surface area contributed by atoms with Crippen LogP contribution in [-0.2, 0) is 9.53 Å². The second kappa shape index (κ2) is 8.46. The molecule has 140 valence electrons. The van der Waals surface area contributed by atoms with Gasteiger partial charge in [-0.3, -0.25) is 0 Å². The summed E-state index contributed by atoms with van der Waals surface area (Å²) in [5.74, 6) is 2.46. The minimum absolute atomic E-state index is 0.306. The van der Waals surface area contributed by atoms with Crippen LogP contribution >= 0.6 is 11.8 Å². The third-order valence-corrected chi connectivity index (χ3v) is 5.62. The van der Waals surface area contributed by atoms with Gasteiger partial charge < -0.3 is 25.0 Å². The Bertz CT molecular complexity index is 699. The number of esters is 1. The van der Waals surface area contributed by atoms with Crippen LogP contribution in [0.25, 0.3) is 0 Å². The fourth-order valence-corrected chi connectivity index (χ4v) is 4.31. The van der Waals surface area contributed by atoms with E-state index in [4.69, 9.17) is 9.47 Å². The number of amides is 2. The molecule has 7 nitrogen and oxygen atoms in total. The van der Waals surface area contributed by atoms with Crippen LogP contribution in [0.4, 0.5) is 4.79 Å². The highest BCUT2D eigenvalue weighted by molar-refractivity contribution is 7.99. The molecule has 8 heteroatoms. The Kier molecular flexibility index (Phi) is 6.05. The molecule has 1 aromatic rings. The molecule has 2 amide bonds. The largest absolute Gasteiger partial charge is 0.497 e. The van der Waals surface area contributed by atoms with Crippen LogP contribution in [0.3, 0.4) is 0 Å². The van der Waals surface area contributed by atoms with Crippen LogP contribution in [0.2, 0.25) is 0 Å². The molecule has 0 unspecified atom stereocenters. The van der Waals surface area contributed by atoms with E-state index in [9.17, 15) is 9.59 Å². The normalized spacial score (nSPS) is 21.0. The van der Waals surface area contributed by atoms with Crippen molar-refractivity contribution in [2.24, 2.45) is 0 Å². The van der Waals surface area contributed by atoms with Crippen LogP contribution in [0, 0.1) is 0 Å². The van der Waals surface area contributed by atoms with Crippen LogP contribution in [-0.4, -0.2) is 57.4 Å². The van der Waals surface area contributed by atoms with Crippen LogP contribution in [0.5, 0.6) is 5.75 Å². The fraction of sp³-hybridized carbons (Fsp3) is 0.444. The molecule has 0 aliphatic carbocycles. The zero-order chi connectivity index (χ0) is 18.5. The van der Waals surface area contributed by atoms with Crippen molar-refractivity contribution in [3.05, 3.63) is 41.1 Å². The predicted molar refractivity (Wildman–Crippen MR) is 99.3 cm³/mol. The summed E-state index contributed by atoms with van der Waals surface area (Å²) in [7, 11) is 2.96. The molecule has 0 radical (unpaired) electrons. The molecule has 3 rings (SSSR count). The molecule has 2 aliphatic heterocycles. The second-order valence-corrected chi connectivity index (χ2v) is 7.45. The maximum atomic E-state index is 12.5. The molecule has 2 aliphatic rings. The van der Waals surface area contributed by atoms with Gasteiger partial charge in [0.2, 0.25) is 0 Å². The van der Waals surface area contributed by atoms with Crippen molar-refractivity contribution in [1.82, 2.24) is 10.6 Å². The van der Waals surface area contributed by atoms with E-state index >= 15 is 0 Å². The van der Waals surface area contributed by atoms with Gasteiger partial charge in [-0.25, -0.2) is 9.59 Å². The number of nitrogens with one attached hydrogen (secondary N) is 3. The molecule has 0 saturated carbocycles. The molecule has 0 bridgehead atoms. The number of methoxy groups -OCH3 is 2. The number of thioether (sulfide) groups is 1. The van der Waals surface area contributed by atoms with Gasteiger partial charge >= 0.3 is 12.0 Å². The monoisotopic (exact) mass is 378 g/mol. The number of quaternary nitrogens is 1. The first-order valence-corrected chi connectivity index (χ1v) is 9.72. The lowest BCUT2D eigenvalue weighted by Gasteiger charge is -2.31. The molecule has 3 N–H and O–H groups in total. The van der Waals surface area contributed by atoms with Gasteiger partial charge in [-0.15, -0.1) is 0 Å². The summed E-state index contributed by atoms with van der Waals surface area (Å²) in [6.45, 7) is 2.63. The summed E-state index contributed by atoms with van der Waals surface area (Å²) in [4.78, 5) is 26.1. The van der Waals surface area contributed by atoms with Gasteiger partial charge in [0.1, 0.15) is 12.3 Å². The van der Waals surface area contributed by atoms with Gasteiger partial charge in [0, 0.05) is 11.5 Å². The fourth-order valence-electron chi connectivity index (χ4n) is 3.24. The molecule has 1 atom stereocenters. The summed E-state index contributed by atoms with van der Waals surface area (Å²) >= 11 is 1.93. The Balaban J connectivity index is 1.95. The highest BCUT2D eigenvalue weighted by atomic mass is 32.2. The van der Waals surface area contributed by atoms with Crippen molar-refractivity contribution < 1.29 is 24.0 Å². The zero-order valence-electron chi connectivity index (χ0n) is 15.0. The van der Waals surface area contributed by atoms with Crippen molar-refractivity contribution in [3.8, 4) is 5.75 Å². The van der Waals surface area contributed by atoms with Gasteiger partial charge in [0.25, 0.3) is 0 Å². The average molecular weight is 378 g/mol. The minimum Gasteiger partial charge on any atom is -0.497 e. The molecule has 1 aromatic carbocycles. The number of hydrogen-bond donors (Lipinski definition) is 3. The molecule has 26 heavy (non-hydrogen) atoms. The SMILES string of the molecule is COC(=O)C1=C(C[NH+]2CCSCC2)NC(=O)N[C@H]1c1ccc(OC)cc1. The maximum absolute atomic E-state index is 12.5. The summed E-state index contributed by atoms with van der Waals surface area (Å²) in [5.41, 5.74) is 1.91. The number of carbonyl (C=O) groups excluding carboxylic acids is 2. The van der Waals surface area contributed by atoms with E-state index in [0.717, 1.165) is 30.2 Å². The first kappa shape index (κ1) is 18.6. The van der Waals surface area contributed by atoms with E-state index in [2.05, 4.69) is 10.6 Å². The van der Waals surface area contributed by atoms with Gasteiger partial charge in [-0.2, -0.15) is 11.8 Å². The lowest BCUT2D eigenvalue weighted by atomic mass is 9.95. The van der Waals surface area contributed by atoms with E-state index in [1.165, 1.54) is 12.0 Å². The zero-order valence-corrected chi connectivity index (χ0v) is 15.8. The molecule has 0 aromatic heterocycles. The standard InChI is InChI=1S/C18H23N3O4S/c1-24-13-5-3-12(4-6-13)16-15(17(22)25-2)14(19-18(23)20-16)11-21-7-9-26-10-8-21/h3-6,16H,7-11H2,1-2H3,(H2,19,20,23)/p+1/t16-/m0/s1. The highest BCUT2D eigenvalue weighted by Gasteiger charge is 2.35. The maximum Gasteiger partial charge on any atom is 0.338 e. The quantitative estimate of drug-likeness (QED) is 0.634. The molecule has 1 fully saturated rings. The summed E-state index contributed by atoms with van der Waals surface area (Å²) in [6, 6.07) is 6.46. The Labute approximate surface area is 157 Å². The van der Waals surface area contributed by atoms with E-state index in [-0.39, 0.29) is 6.03 Å². The van der Waals surface area contributed by atoms with Gasteiger partial charge in [0.05, 0.1) is 44.6 Å². The van der Waals surface area contributed by atoms with Crippen molar-refractivity contribution in [2.75, 3.05) is 45.4 Å². The number of carbonyl (C=O) groups is 2. The van der Waals surface area contributed by atoms with Crippen molar-refractivity contribution in [3.63, 3.8) is 0 Å². The number of benzene rings is 1. The van der Waals surface area contributed by atoms with Gasteiger partial charge in [0.15, 0.2) is 0 Å². The highest BCUT2D eigenvalue weighted by Crippen LogP contribution is 2.28. The number of urea groups is 1. The van der Waals surface area contributed by atoms with Crippen LogP contribution in [0.15, 0.2) is 35.5 Å². The molecule has 2 heterocycles. The third-order valence-electron chi connectivity index (χ3n) is 4.63. The first-order valence-electron chi connectivity index (χ1n) is 8.56. The molecule has 1 saturated heterocycles. The smallest absolute Gasteiger partial charge is 0.338 e. The molecular formula is C18H24N3O4S+. The van der Waals surface area contributed by atoms with Crippen molar-refractivity contribution in [1.29, 1.82) is 0 Å². The number of rotatable bonds is 5. The number of ether oxygens (including phenoxy) is 2. The summed E-state index contributed by atoms with van der Waals surface area (Å²) in [6.07, 6.45) is 0. The Morgan fingerprint density at radius 2 is 1.92 bits per heavy atom. The summed E-state index contributed by atoms with van der Waals surface area (Å²) < 4.78 is 10.2. The summed E-state index contributed by atoms with van der Waals surface area (Å²) in [5, 5.41) is 5.67. The lowest BCUT2D eigenvalue weighted by Crippen LogP contribution is -3.14.